The van der Waals surface area contributed by atoms with Crippen molar-refractivity contribution < 1.29 is 0 Å². The third-order valence-electron chi connectivity index (χ3n) is 0.894. The van der Waals surface area contributed by atoms with Crippen molar-refractivity contribution in [3.05, 3.63) is 5.15 Å². The van der Waals surface area contributed by atoms with Gasteiger partial charge in [-0.05, 0) is 0 Å². The van der Waals surface area contributed by atoms with Gasteiger partial charge in [-0.25, -0.2) is 0 Å². The highest BCUT2D eigenvalue weighted by molar-refractivity contribution is 6.31. The summed E-state index contributed by atoms with van der Waals surface area (Å²) in [5, 5.41) is 9.88. The minimum absolute atomic E-state index is 0.124. The van der Waals surface area contributed by atoms with Crippen molar-refractivity contribution in [1.29, 1.82) is 0 Å². The molecule has 0 unspecified atom stereocenters. The second kappa shape index (κ2) is 2.66. The minimum Gasteiger partial charge on any atom is -0.381 e. The molecule has 1 aromatic heterocycles. The van der Waals surface area contributed by atoms with E-state index in [2.05, 4.69) is 20.5 Å². The summed E-state index contributed by atoms with van der Waals surface area (Å²) >= 11 is 5.45. The summed E-state index contributed by atoms with van der Waals surface area (Å²) in [6.07, 6.45) is 0. The Morgan fingerprint density at radius 3 is 2.70 bits per heavy atom. The molecular formula is C4H6ClN5. The molecule has 6 heteroatoms. The summed E-state index contributed by atoms with van der Waals surface area (Å²) in [5.74, 6) is 0.544. The average Bonchev–Trinajstić information content (AvgIpc) is 1.95. The van der Waals surface area contributed by atoms with E-state index in [0.29, 0.717) is 5.95 Å². The van der Waals surface area contributed by atoms with Gasteiger partial charge in [-0.2, -0.15) is 4.98 Å². The molecule has 0 spiro atoms. The Bertz CT molecular complexity index is 237. The number of aromatic nitrogens is 3. The van der Waals surface area contributed by atoms with Crippen molar-refractivity contribution in [3.63, 3.8) is 0 Å². The van der Waals surface area contributed by atoms with Crippen LogP contribution in [0.4, 0.5) is 11.8 Å². The third kappa shape index (κ3) is 1.24. The van der Waals surface area contributed by atoms with Gasteiger partial charge in [0, 0.05) is 7.05 Å². The Hall–Kier alpha value is -1.10. The maximum atomic E-state index is 5.45. The molecule has 0 amide bonds. The molecule has 54 valence electrons. The summed E-state index contributed by atoms with van der Waals surface area (Å²) in [6.45, 7) is 0. The van der Waals surface area contributed by atoms with Gasteiger partial charge in [0.15, 0.2) is 11.0 Å². The summed E-state index contributed by atoms with van der Waals surface area (Å²) in [5.41, 5.74) is 5.31. The highest BCUT2D eigenvalue weighted by Gasteiger charge is 1.99. The number of nitrogens with two attached hydrogens (primary N) is 1. The van der Waals surface area contributed by atoms with Crippen LogP contribution in [0.25, 0.3) is 0 Å². The lowest BCUT2D eigenvalue weighted by molar-refractivity contribution is 0.980. The van der Waals surface area contributed by atoms with E-state index in [1.807, 2.05) is 0 Å². The van der Waals surface area contributed by atoms with Crippen LogP contribution in [0, 0.1) is 0 Å². The molecule has 0 saturated carbocycles. The fourth-order valence-electron chi connectivity index (χ4n) is 0.431. The number of hydrogen-bond acceptors (Lipinski definition) is 5. The predicted octanol–water partition coefficient (Wildman–Crippen LogP) is 0.149. The van der Waals surface area contributed by atoms with Crippen LogP contribution in [0.2, 0.25) is 5.15 Å². The molecule has 0 atom stereocenters. The number of nitrogens with one attached hydrogen (secondary N) is 1. The number of hydrogen-bond donors (Lipinski definition) is 2. The molecular weight excluding hydrogens is 154 g/mol. The number of halogens is 1. The molecule has 0 aliphatic heterocycles. The molecule has 0 aliphatic carbocycles. The quantitative estimate of drug-likeness (QED) is 0.610. The fourth-order valence-corrected chi connectivity index (χ4v) is 0.511. The average molecular weight is 160 g/mol. The van der Waals surface area contributed by atoms with Crippen LogP contribution < -0.4 is 11.1 Å². The molecule has 3 N–H and O–H groups in total. The van der Waals surface area contributed by atoms with E-state index in [0.717, 1.165) is 0 Å². The first-order valence-corrected chi connectivity index (χ1v) is 2.95. The predicted molar refractivity (Wildman–Crippen MR) is 38.8 cm³/mol. The second-order valence-electron chi connectivity index (χ2n) is 1.56. The lowest BCUT2D eigenvalue weighted by Crippen LogP contribution is -2.02. The molecule has 0 aliphatic rings. The zero-order chi connectivity index (χ0) is 7.56. The number of rotatable bonds is 1. The molecule has 10 heavy (non-hydrogen) atoms. The molecule has 0 fully saturated rings. The highest BCUT2D eigenvalue weighted by Crippen LogP contribution is 2.10. The first kappa shape index (κ1) is 7.01. The normalized spacial score (nSPS) is 9.40. The van der Waals surface area contributed by atoms with Crippen LogP contribution in [-0.2, 0) is 0 Å². The van der Waals surface area contributed by atoms with E-state index in [9.17, 15) is 0 Å². The molecule has 0 radical (unpaired) electrons. The topological polar surface area (TPSA) is 76.7 Å². The van der Waals surface area contributed by atoms with Gasteiger partial charge < -0.3 is 11.1 Å². The van der Waals surface area contributed by atoms with E-state index in [1.54, 1.807) is 7.05 Å². The van der Waals surface area contributed by atoms with Crippen LogP contribution in [-0.4, -0.2) is 22.2 Å². The molecule has 1 rings (SSSR count). The van der Waals surface area contributed by atoms with Crippen molar-refractivity contribution >= 4 is 23.4 Å². The molecule has 1 heterocycles. The zero-order valence-electron chi connectivity index (χ0n) is 5.30. The number of nitrogens with zero attached hydrogens (tertiary/aromatic N) is 3. The van der Waals surface area contributed by atoms with E-state index < -0.39 is 0 Å². The Morgan fingerprint density at radius 2 is 2.20 bits per heavy atom. The third-order valence-corrected chi connectivity index (χ3v) is 1.16. The molecule has 0 bridgehead atoms. The second-order valence-corrected chi connectivity index (χ2v) is 1.92. The zero-order valence-corrected chi connectivity index (χ0v) is 6.05. The number of anilines is 2. The van der Waals surface area contributed by atoms with Gasteiger partial charge in [-0.15, -0.1) is 10.2 Å². The first-order chi connectivity index (χ1) is 4.74. The largest absolute Gasteiger partial charge is 0.381 e. The van der Waals surface area contributed by atoms with Crippen molar-refractivity contribution in [2.24, 2.45) is 0 Å². The van der Waals surface area contributed by atoms with Crippen LogP contribution >= 0.6 is 11.6 Å². The van der Waals surface area contributed by atoms with E-state index in [1.165, 1.54) is 0 Å². The summed E-state index contributed by atoms with van der Waals surface area (Å²) in [6, 6.07) is 0. The van der Waals surface area contributed by atoms with Crippen molar-refractivity contribution in [3.8, 4) is 0 Å². The van der Waals surface area contributed by atoms with Gasteiger partial charge in [-0.3, -0.25) is 0 Å². The lowest BCUT2D eigenvalue weighted by Gasteiger charge is -1.97. The molecule has 0 aromatic carbocycles. The number of nitrogen functional groups attached to an aromatic ring is 1. The Balaban J connectivity index is 3.04. The van der Waals surface area contributed by atoms with Gasteiger partial charge >= 0.3 is 0 Å². The maximum absolute atomic E-state index is 5.45. The summed E-state index contributed by atoms with van der Waals surface area (Å²) < 4.78 is 0. The highest BCUT2D eigenvalue weighted by atomic mass is 35.5. The maximum Gasteiger partial charge on any atom is 0.244 e. The Labute approximate surface area is 62.6 Å². The Kier molecular flexibility index (Phi) is 1.86. The van der Waals surface area contributed by atoms with Gasteiger partial charge in [0.05, 0.1) is 0 Å². The van der Waals surface area contributed by atoms with Crippen LogP contribution in [0.5, 0.6) is 0 Å². The van der Waals surface area contributed by atoms with Crippen molar-refractivity contribution in [1.82, 2.24) is 15.2 Å². The molecule has 0 saturated heterocycles. The standard InChI is InChI=1S/C4H6ClN5/c1-7-4-8-3(6)2(5)9-10-4/h1H3,(H3,6,7,8,10). The Morgan fingerprint density at radius 1 is 1.50 bits per heavy atom. The summed E-state index contributed by atoms with van der Waals surface area (Å²) in [7, 11) is 1.67. The van der Waals surface area contributed by atoms with Crippen molar-refractivity contribution in [2.75, 3.05) is 18.1 Å². The minimum atomic E-state index is 0.124. The van der Waals surface area contributed by atoms with Gasteiger partial charge in [0.2, 0.25) is 5.95 Å². The van der Waals surface area contributed by atoms with Crippen LogP contribution in [0.3, 0.4) is 0 Å². The van der Waals surface area contributed by atoms with Crippen LogP contribution in [0.15, 0.2) is 0 Å². The van der Waals surface area contributed by atoms with Gasteiger partial charge in [-0.1, -0.05) is 11.6 Å². The van der Waals surface area contributed by atoms with Crippen LogP contribution in [0.1, 0.15) is 0 Å². The fraction of sp³-hybridized carbons (Fsp3) is 0.250. The lowest BCUT2D eigenvalue weighted by atomic mass is 10.7. The smallest absolute Gasteiger partial charge is 0.244 e. The SMILES string of the molecule is CNc1nnc(Cl)c(N)n1. The monoisotopic (exact) mass is 159 g/mol. The molecule has 1 aromatic rings. The summed E-state index contributed by atoms with van der Waals surface area (Å²) in [4.78, 5) is 3.75. The van der Waals surface area contributed by atoms with E-state index in [4.69, 9.17) is 17.3 Å². The van der Waals surface area contributed by atoms with Gasteiger partial charge in [0.1, 0.15) is 0 Å². The molecule has 5 nitrogen and oxygen atoms in total. The first-order valence-electron chi connectivity index (χ1n) is 2.57. The van der Waals surface area contributed by atoms with E-state index in [-0.39, 0.29) is 11.0 Å². The van der Waals surface area contributed by atoms with Crippen molar-refractivity contribution in [2.45, 2.75) is 0 Å². The van der Waals surface area contributed by atoms with E-state index >= 15 is 0 Å². The van der Waals surface area contributed by atoms with Gasteiger partial charge in [0.25, 0.3) is 0 Å².